The fourth-order valence-corrected chi connectivity index (χ4v) is 4.71. The Morgan fingerprint density at radius 2 is 1.97 bits per heavy atom. The van der Waals surface area contributed by atoms with Gasteiger partial charge in [-0.25, -0.2) is 4.39 Å². The van der Waals surface area contributed by atoms with Gasteiger partial charge in [-0.1, -0.05) is 23.7 Å². The highest BCUT2D eigenvalue weighted by Crippen LogP contribution is 2.39. The van der Waals surface area contributed by atoms with Gasteiger partial charge in [0.05, 0.1) is 22.9 Å². The third-order valence-electron chi connectivity index (χ3n) is 6.34. The average molecular weight is 460 g/mol. The number of aldehydes is 1. The summed E-state index contributed by atoms with van der Waals surface area (Å²) in [5.74, 6) is 0.209. The van der Waals surface area contributed by atoms with E-state index in [9.17, 15) is 14.0 Å². The number of benzene rings is 2. The van der Waals surface area contributed by atoms with Crippen LogP contribution in [0.2, 0.25) is 5.02 Å². The number of carbonyl (C=O) groups is 2. The Morgan fingerprint density at radius 3 is 2.59 bits per heavy atom. The number of anilines is 2. The maximum absolute atomic E-state index is 13.2. The number of hydrogen-bond acceptors (Lipinski definition) is 5. The van der Waals surface area contributed by atoms with E-state index in [1.165, 1.54) is 12.1 Å². The summed E-state index contributed by atoms with van der Waals surface area (Å²) in [6.07, 6.45) is 2.04. The topological polar surface area (TPSA) is 61.9 Å². The Hall–Kier alpha value is -2.80. The summed E-state index contributed by atoms with van der Waals surface area (Å²) >= 11 is 6.32. The molecule has 1 amide bonds. The van der Waals surface area contributed by atoms with E-state index in [0.29, 0.717) is 49.7 Å². The zero-order valence-corrected chi connectivity index (χ0v) is 19.0. The largest absolute Gasteiger partial charge is 0.476 e. The molecule has 1 fully saturated rings. The molecule has 0 aromatic heterocycles. The summed E-state index contributed by atoms with van der Waals surface area (Å²) in [5, 5.41) is 3.85. The molecule has 32 heavy (non-hydrogen) atoms. The van der Waals surface area contributed by atoms with E-state index in [1.54, 1.807) is 17.0 Å². The Labute approximate surface area is 192 Å². The Balaban J connectivity index is 1.40. The number of nitrogens with one attached hydrogen (secondary N) is 1. The molecule has 1 N–H and O–H groups in total. The number of likely N-dealkylation sites (tertiary alicyclic amines) is 1. The highest BCUT2D eigenvalue weighted by atomic mass is 35.5. The van der Waals surface area contributed by atoms with Gasteiger partial charge >= 0.3 is 0 Å². The zero-order chi connectivity index (χ0) is 22.9. The number of nitrogens with zero attached hydrogens (tertiary/aromatic N) is 2. The molecule has 2 aromatic rings. The van der Waals surface area contributed by atoms with Crippen molar-refractivity contribution >= 4 is 35.2 Å². The highest BCUT2D eigenvalue weighted by molar-refractivity contribution is 6.33. The van der Waals surface area contributed by atoms with Gasteiger partial charge in [0, 0.05) is 38.7 Å². The lowest BCUT2D eigenvalue weighted by molar-refractivity contribution is -0.142. The van der Waals surface area contributed by atoms with Crippen LogP contribution in [0.5, 0.6) is 5.75 Å². The van der Waals surface area contributed by atoms with Crippen molar-refractivity contribution in [2.24, 2.45) is 5.41 Å². The van der Waals surface area contributed by atoms with E-state index in [0.717, 1.165) is 23.2 Å². The number of fused-ring (bicyclic) bond motifs is 1. The molecule has 1 saturated heterocycles. The van der Waals surface area contributed by atoms with Crippen LogP contribution in [0.25, 0.3) is 0 Å². The molecule has 2 heterocycles. The fourth-order valence-electron chi connectivity index (χ4n) is 4.38. The predicted molar refractivity (Wildman–Crippen MR) is 123 cm³/mol. The molecule has 8 heteroatoms. The van der Waals surface area contributed by atoms with Crippen LogP contribution in [-0.4, -0.2) is 56.9 Å². The number of hydrogen-bond donors (Lipinski definition) is 1. The van der Waals surface area contributed by atoms with Crippen molar-refractivity contribution in [3.05, 3.63) is 52.8 Å². The van der Waals surface area contributed by atoms with Crippen molar-refractivity contribution in [1.29, 1.82) is 0 Å². The van der Waals surface area contributed by atoms with Crippen LogP contribution < -0.4 is 15.0 Å². The van der Waals surface area contributed by atoms with Crippen LogP contribution in [0.4, 0.5) is 15.8 Å². The van der Waals surface area contributed by atoms with E-state index >= 15 is 0 Å². The van der Waals surface area contributed by atoms with E-state index in [-0.39, 0.29) is 11.7 Å². The molecule has 0 radical (unpaired) electrons. The highest BCUT2D eigenvalue weighted by Gasteiger charge is 2.38. The number of ether oxygens (including phenoxy) is 1. The third kappa shape index (κ3) is 4.53. The predicted octanol–water partition coefficient (Wildman–Crippen LogP) is 3.77. The van der Waals surface area contributed by atoms with Crippen LogP contribution in [0.15, 0.2) is 36.4 Å². The third-order valence-corrected chi connectivity index (χ3v) is 6.65. The molecule has 2 aromatic carbocycles. The molecule has 2 aliphatic rings. The molecule has 6 nitrogen and oxygen atoms in total. The monoisotopic (exact) mass is 459 g/mol. The molecule has 170 valence electrons. The van der Waals surface area contributed by atoms with Crippen LogP contribution in [-0.2, 0) is 16.0 Å². The number of halogens is 2. The molecule has 4 rings (SSSR count). The van der Waals surface area contributed by atoms with Gasteiger partial charge in [-0.2, -0.15) is 0 Å². The molecule has 1 atom stereocenters. The second-order valence-electron chi connectivity index (χ2n) is 8.79. The van der Waals surface area contributed by atoms with E-state index in [1.807, 2.05) is 31.1 Å². The second-order valence-corrected chi connectivity index (χ2v) is 9.20. The van der Waals surface area contributed by atoms with Gasteiger partial charge in [0.1, 0.15) is 17.9 Å². The molecule has 2 aliphatic heterocycles. The van der Waals surface area contributed by atoms with Crippen LogP contribution >= 0.6 is 11.6 Å². The smallest absolute Gasteiger partial charge is 0.265 e. The van der Waals surface area contributed by atoms with Crippen molar-refractivity contribution in [2.75, 3.05) is 43.9 Å². The van der Waals surface area contributed by atoms with Gasteiger partial charge < -0.3 is 24.6 Å². The van der Waals surface area contributed by atoms with E-state index < -0.39 is 11.5 Å². The first-order valence-corrected chi connectivity index (χ1v) is 11.1. The SMILES string of the molecule is CN(C)c1cc2c(cc1Cl)NCC(C(=O)N1CCC(C=O)(Cc3ccc(F)cc3)CC1)O2. The first-order chi connectivity index (χ1) is 15.3. The number of amides is 1. The van der Waals surface area contributed by atoms with Crippen LogP contribution in [0, 0.1) is 11.2 Å². The first-order valence-electron chi connectivity index (χ1n) is 10.7. The van der Waals surface area contributed by atoms with Crippen molar-refractivity contribution in [3.8, 4) is 5.75 Å². The lowest BCUT2D eigenvalue weighted by Gasteiger charge is -2.40. The molecule has 0 aliphatic carbocycles. The normalized spacial score (nSPS) is 19.4. The van der Waals surface area contributed by atoms with E-state index in [2.05, 4.69) is 5.32 Å². The van der Waals surface area contributed by atoms with Gasteiger partial charge in [0.15, 0.2) is 6.10 Å². The molecular weight excluding hydrogens is 433 g/mol. The minimum Gasteiger partial charge on any atom is -0.476 e. The summed E-state index contributed by atoms with van der Waals surface area (Å²) in [7, 11) is 3.79. The first kappa shape index (κ1) is 22.4. The number of rotatable bonds is 5. The van der Waals surface area contributed by atoms with Gasteiger partial charge in [-0.05, 0) is 43.0 Å². The molecular formula is C24H27ClFN3O3. The van der Waals surface area contributed by atoms with Crippen molar-refractivity contribution in [3.63, 3.8) is 0 Å². The second kappa shape index (κ2) is 8.98. The maximum Gasteiger partial charge on any atom is 0.265 e. The summed E-state index contributed by atoms with van der Waals surface area (Å²) in [6, 6.07) is 9.89. The Bertz CT molecular complexity index is 1000. The summed E-state index contributed by atoms with van der Waals surface area (Å²) in [6.45, 7) is 1.32. The van der Waals surface area contributed by atoms with Crippen LogP contribution in [0.1, 0.15) is 18.4 Å². The standard InChI is InChI=1S/C24H27ClFN3O3/c1-28(2)20-12-21-19(11-18(20)25)27-14-22(32-21)23(31)29-9-7-24(15-30,8-10-29)13-16-3-5-17(26)6-4-16/h3-6,11-12,15,22,27H,7-10,13-14H2,1-2H3. The Kier molecular flexibility index (Phi) is 6.29. The van der Waals surface area contributed by atoms with E-state index in [4.69, 9.17) is 16.3 Å². The minimum absolute atomic E-state index is 0.0919. The van der Waals surface area contributed by atoms with Crippen molar-refractivity contribution in [2.45, 2.75) is 25.4 Å². The van der Waals surface area contributed by atoms with Gasteiger partial charge in [-0.3, -0.25) is 4.79 Å². The molecule has 0 bridgehead atoms. The van der Waals surface area contributed by atoms with Gasteiger partial charge in [0.2, 0.25) is 0 Å². The molecule has 0 spiro atoms. The van der Waals surface area contributed by atoms with Crippen molar-refractivity contribution in [1.82, 2.24) is 4.90 Å². The average Bonchev–Trinajstić information content (AvgIpc) is 2.79. The maximum atomic E-state index is 13.2. The minimum atomic E-state index is -0.639. The van der Waals surface area contributed by atoms with Crippen LogP contribution in [0.3, 0.4) is 0 Å². The summed E-state index contributed by atoms with van der Waals surface area (Å²) < 4.78 is 19.2. The number of piperidine rings is 1. The summed E-state index contributed by atoms with van der Waals surface area (Å²) in [5.41, 5.74) is 1.96. The lowest BCUT2D eigenvalue weighted by atomic mass is 9.75. The molecule has 1 unspecified atom stereocenters. The summed E-state index contributed by atoms with van der Waals surface area (Å²) in [4.78, 5) is 28.8. The Morgan fingerprint density at radius 1 is 1.28 bits per heavy atom. The fraction of sp³-hybridized carbons (Fsp3) is 0.417. The van der Waals surface area contributed by atoms with Gasteiger partial charge in [0.25, 0.3) is 5.91 Å². The lowest BCUT2D eigenvalue weighted by Crippen LogP contribution is -2.51. The van der Waals surface area contributed by atoms with Crippen molar-refractivity contribution < 1.29 is 18.7 Å². The molecule has 0 saturated carbocycles. The quantitative estimate of drug-likeness (QED) is 0.690. The zero-order valence-electron chi connectivity index (χ0n) is 18.2. The number of carbonyl (C=O) groups excluding carboxylic acids is 2. The van der Waals surface area contributed by atoms with Gasteiger partial charge in [-0.15, -0.1) is 0 Å².